The van der Waals surface area contributed by atoms with Crippen LogP contribution in [0, 0.1) is 0 Å². The Morgan fingerprint density at radius 3 is 2.52 bits per heavy atom. The molecule has 1 aromatic heterocycles. The van der Waals surface area contributed by atoms with Crippen molar-refractivity contribution in [2.24, 2.45) is 5.73 Å². The molecular weight excluding hydrogens is 416 g/mol. The second-order valence-electron chi connectivity index (χ2n) is 8.19. The lowest BCUT2D eigenvalue weighted by Crippen LogP contribution is -2.30. The number of fused-ring (bicyclic) bond motifs is 1. The third-order valence-corrected chi connectivity index (χ3v) is 6.02. The number of benzene rings is 3. The average molecular weight is 441 g/mol. The maximum Gasteiger partial charge on any atom is 0.278 e. The Balaban J connectivity index is 1.48. The molecule has 4 aromatic rings. The van der Waals surface area contributed by atoms with Gasteiger partial charge in [-0.25, -0.2) is 4.98 Å². The van der Waals surface area contributed by atoms with Crippen LogP contribution >= 0.6 is 0 Å². The predicted octanol–water partition coefficient (Wildman–Crippen LogP) is 4.84. The van der Waals surface area contributed by atoms with E-state index in [9.17, 15) is 9.59 Å². The summed E-state index contributed by atoms with van der Waals surface area (Å²) in [6.45, 7) is 1.79. The molecule has 0 atom stereocenters. The van der Waals surface area contributed by atoms with E-state index in [1.54, 1.807) is 12.1 Å². The summed E-state index contributed by atoms with van der Waals surface area (Å²) in [5.74, 6) is -0.565. The summed E-state index contributed by atoms with van der Waals surface area (Å²) in [5.41, 5.74) is 8.16. The Morgan fingerprint density at radius 2 is 1.73 bits per heavy atom. The topological polar surface area (TPSA) is 101 Å². The van der Waals surface area contributed by atoms with Crippen molar-refractivity contribution >= 4 is 34.0 Å². The molecule has 2 heterocycles. The van der Waals surface area contributed by atoms with Crippen LogP contribution in [-0.4, -0.2) is 29.9 Å². The van der Waals surface area contributed by atoms with Gasteiger partial charge in [-0.3, -0.25) is 9.59 Å². The monoisotopic (exact) mass is 440 g/mol. The summed E-state index contributed by atoms with van der Waals surface area (Å²) in [7, 11) is 0. The van der Waals surface area contributed by atoms with Crippen molar-refractivity contribution in [3.05, 3.63) is 78.3 Å². The van der Waals surface area contributed by atoms with E-state index in [4.69, 9.17) is 10.2 Å². The molecule has 0 aliphatic carbocycles. The smallest absolute Gasteiger partial charge is 0.278 e. The zero-order chi connectivity index (χ0) is 22.8. The van der Waals surface area contributed by atoms with Gasteiger partial charge < -0.3 is 20.4 Å². The molecule has 1 fully saturated rings. The summed E-state index contributed by atoms with van der Waals surface area (Å²) < 4.78 is 5.61. The van der Waals surface area contributed by atoms with Gasteiger partial charge in [0, 0.05) is 24.2 Å². The molecule has 1 aliphatic heterocycles. The van der Waals surface area contributed by atoms with Crippen molar-refractivity contribution in [3.63, 3.8) is 0 Å². The Kier molecular flexibility index (Phi) is 5.52. The van der Waals surface area contributed by atoms with Crippen LogP contribution in [0.2, 0.25) is 0 Å². The largest absolute Gasteiger partial charge is 0.443 e. The van der Waals surface area contributed by atoms with Crippen LogP contribution in [-0.2, 0) is 0 Å². The van der Waals surface area contributed by atoms with E-state index in [2.05, 4.69) is 15.2 Å². The summed E-state index contributed by atoms with van der Waals surface area (Å²) in [4.78, 5) is 31.5. The number of anilines is 2. The molecule has 3 aromatic carbocycles. The Morgan fingerprint density at radius 1 is 0.939 bits per heavy atom. The lowest BCUT2D eigenvalue weighted by atomic mass is 10.0. The minimum absolute atomic E-state index is 0.180. The molecule has 33 heavy (non-hydrogen) atoms. The minimum Gasteiger partial charge on any atom is -0.443 e. The van der Waals surface area contributed by atoms with Crippen molar-refractivity contribution in [1.29, 1.82) is 0 Å². The first-order valence-corrected chi connectivity index (χ1v) is 11.0. The number of nitrogens with zero attached hydrogens (tertiary/aromatic N) is 2. The van der Waals surface area contributed by atoms with Crippen LogP contribution in [0.3, 0.4) is 0 Å². The van der Waals surface area contributed by atoms with Crippen LogP contribution in [0.5, 0.6) is 0 Å². The Hall–Kier alpha value is -4.13. The standard InChI is InChI=1S/C26H24N4O3/c27-25(31)20-10-11-22(30-12-4-1-5-13-30)21(15-20)29-26(32)23-24(33-16-28-23)19-9-8-17-6-2-3-7-18(17)14-19/h2-3,6-11,14-16H,1,4-5,12-13H2,(H2,27,31)(H,29,32). The van der Waals surface area contributed by atoms with Crippen molar-refractivity contribution in [2.45, 2.75) is 19.3 Å². The van der Waals surface area contributed by atoms with Gasteiger partial charge in [-0.2, -0.15) is 0 Å². The second kappa shape index (κ2) is 8.78. The first kappa shape index (κ1) is 20.8. The van der Waals surface area contributed by atoms with Gasteiger partial charge in [0.1, 0.15) is 0 Å². The minimum atomic E-state index is -0.547. The van der Waals surface area contributed by atoms with E-state index >= 15 is 0 Å². The molecule has 166 valence electrons. The lowest BCUT2D eigenvalue weighted by molar-refractivity contribution is 0.0995. The fraction of sp³-hybridized carbons (Fsp3) is 0.192. The number of carbonyl (C=O) groups is 2. The first-order valence-electron chi connectivity index (χ1n) is 11.0. The number of carbonyl (C=O) groups excluding carboxylic acids is 2. The fourth-order valence-electron chi connectivity index (χ4n) is 4.32. The molecule has 1 aliphatic rings. The van der Waals surface area contributed by atoms with E-state index < -0.39 is 11.8 Å². The number of hydrogen-bond acceptors (Lipinski definition) is 5. The van der Waals surface area contributed by atoms with Gasteiger partial charge >= 0.3 is 0 Å². The first-order chi connectivity index (χ1) is 16.1. The molecule has 0 radical (unpaired) electrons. The van der Waals surface area contributed by atoms with Crippen LogP contribution in [0.4, 0.5) is 11.4 Å². The molecule has 0 bridgehead atoms. The highest BCUT2D eigenvalue weighted by atomic mass is 16.3. The van der Waals surface area contributed by atoms with Crippen LogP contribution in [0.15, 0.2) is 71.5 Å². The van der Waals surface area contributed by atoms with E-state index in [1.165, 1.54) is 12.8 Å². The van der Waals surface area contributed by atoms with Crippen LogP contribution in [0.25, 0.3) is 22.1 Å². The number of primary amides is 1. The number of nitrogens with one attached hydrogen (secondary N) is 1. The molecule has 0 unspecified atom stereocenters. The summed E-state index contributed by atoms with van der Waals surface area (Å²) in [6, 6.07) is 19.0. The van der Waals surface area contributed by atoms with Gasteiger partial charge in [-0.05, 0) is 54.3 Å². The van der Waals surface area contributed by atoms with E-state index in [0.29, 0.717) is 17.0 Å². The van der Waals surface area contributed by atoms with Crippen LogP contribution in [0.1, 0.15) is 40.1 Å². The molecule has 0 saturated carbocycles. The number of hydrogen-bond donors (Lipinski definition) is 2. The molecule has 3 N–H and O–H groups in total. The van der Waals surface area contributed by atoms with Gasteiger partial charge in [0.05, 0.1) is 11.4 Å². The van der Waals surface area contributed by atoms with E-state index in [0.717, 1.165) is 48.0 Å². The Labute approximate surface area is 191 Å². The molecule has 5 rings (SSSR count). The summed E-state index contributed by atoms with van der Waals surface area (Å²) in [6.07, 6.45) is 4.62. The van der Waals surface area contributed by atoms with Crippen LogP contribution < -0.4 is 16.0 Å². The molecule has 7 heteroatoms. The lowest BCUT2D eigenvalue weighted by Gasteiger charge is -2.30. The number of nitrogens with two attached hydrogens (primary N) is 1. The van der Waals surface area contributed by atoms with Gasteiger partial charge in [-0.1, -0.05) is 36.4 Å². The molecule has 0 spiro atoms. The normalized spacial score (nSPS) is 13.8. The van der Waals surface area contributed by atoms with E-state index in [-0.39, 0.29) is 5.69 Å². The second-order valence-corrected chi connectivity index (χ2v) is 8.19. The highest BCUT2D eigenvalue weighted by Crippen LogP contribution is 2.32. The van der Waals surface area contributed by atoms with Gasteiger partial charge in [0.25, 0.3) is 5.91 Å². The third kappa shape index (κ3) is 4.17. The molecular formula is C26H24N4O3. The van der Waals surface area contributed by atoms with Gasteiger partial charge in [-0.15, -0.1) is 0 Å². The molecule has 1 saturated heterocycles. The number of aromatic nitrogens is 1. The SMILES string of the molecule is NC(=O)c1ccc(N2CCCCC2)c(NC(=O)c2ncoc2-c2ccc3ccccc3c2)c1. The Bertz CT molecular complexity index is 1340. The predicted molar refractivity (Wildman–Crippen MR) is 128 cm³/mol. The molecule has 2 amide bonds. The quantitative estimate of drug-likeness (QED) is 0.463. The maximum atomic E-state index is 13.3. The average Bonchev–Trinajstić information content (AvgIpc) is 3.34. The van der Waals surface area contributed by atoms with Crippen molar-refractivity contribution < 1.29 is 14.0 Å². The van der Waals surface area contributed by atoms with Crippen molar-refractivity contribution in [3.8, 4) is 11.3 Å². The van der Waals surface area contributed by atoms with Gasteiger partial charge in [0.15, 0.2) is 17.8 Å². The number of amides is 2. The van der Waals surface area contributed by atoms with E-state index in [1.807, 2.05) is 48.5 Å². The molecule has 7 nitrogen and oxygen atoms in total. The van der Waals surface area contributed by atoms with Gasteiger partial charge in [0.2, 0.25) is 5.91 Å². The number of oxazole rings is 1. The zero-order valence-electron chi connectivity index (χ0n) is 18.1. The highest BCUT2D eigenvalue weighted by molar-refractivity contribution is 6.09. The summed E-state index contributed by atoms with van der Waals surface area (Å²) in [5, 5.41) is 5.08. The fourth-order valence-corrected chi connectivity index (χ4v) is 4.32. The maximum absolute atomic E-state index is 13.3. The third-order valence-electron chi connectivity index (χ3n) is 6.02. The highest BCUT2D eigenvalue weighted by Gasteiger charge is 2.22. The number of piperidine rings is 1. The summed E-state index contributed by atoms with van der Waals surface area (Å²) >= 11 is 0. The zero-order valence-corrected chi connectivity index (χ0v) is 18.1. The van der Waals surface area contributed by atoms with Crippen molar-refractivity contribution in [2.75, 3.05) is 23.3 Å². The number of rotatable bonds is 5. The van der Waals surface area contributed by atoms with Crippen molar-refractivity contribution in [1.82, 2.24) is 4.98 Å².